The molecule has 0 aliphatic heterocycles. The van der Waals surface area contributed by atoms with E-state index in [-0.39, 0.29) is 5.78 Å². The maximum absolute atomic E-state index is 11.4. The topological polar surface area (TPSA) is 26.3 Å². The lowest BCUT2D eigenvalue weighted by Crippen LogP contribution is -2.14. The fourth-order valence-electron chi connectivity index (χ4n) is 1.35. The van der Waals surface area contributed by atoms with Gasteiger partial charge in [-0.2, -0.15) is 0 Å². The van der Waals surface area contributed by atoms with Crippen molar-refractivity contribution >= 4 is 17.4 Å². The number of benzene rings is 1. The Hall–Kier alpha value is -0.860. The molecule has 0 aliphatic carbocycles. The van der Waals surface area contributed by atoms with Crippen LogP contribution in [0.3, 0.4) is 0 Å². The smallest absolute Gasteiger partial charge is 0.163 e. The molecule has 15 heavy (non-hydrogen) atoms. The highest BCUT2D eigenvalue weighted by Crippen LogP contribution is 2.26. The van der Waals surface area contributed by atoms with E-state index in [1.165, 1.54) is 6.92 Å². The summed E-state index contributed by atoms with van der Waals surface area (Å²) in [5.74, 6) is -0.0171. The molecule has 1 aromatic rings. The zero-order chi connectivity index (χ0) is 11.3. The first-order valence-electron chi connectivity index (χ1n) is 5.03. The van der Waals surface area contributed by atoms with Crippen molar-refractivity contribution in [3.8, 4) is 0 Å². The molecule has 0 spiro atoms. The molecule has 0 bridgehead atoms. The second-order valence-corrected chi connectivity index (χ2v) is 3.79. The summed E-state index contributed by atoms with van der Waals surface area (Å²) in [6.07, 6.45) is 0.354. The van der Waals surface area contributed by atoms with Crippen LogP contribution in [-0.2, 0) is 9.53 Å². The van der Waals surface area contributed by atoms with Crippen LogP contribution in [0, 0.1) is 0 Å². The van der Waals surface area contributed by atoms with Gasteiger partial charge in [-0.25, -0.2) is 0 Å². The van der Waals surface area contributed by atoms with E-state index in [9.17, 15) is 4.79 Å². The third-order valence-electron chi connectivity index (χ3n) is 2.05. The van der Waals surface area contributed by atoms with Crippen LogP contribution < -0.4 is 0 Å². The molecule has 2 nitrogen and oxygen atoms in total. The van der Waals surface area contributed by atoms with E-state index in [1.54, 1.807) is 6.07 Å². The van der Waals surface area contributed by atoms with Crippen LogP contribution in [0.1, 0.15) is 31.9 Å². The molecule has 1 unspecified atom stereocenters. The largest absolute Gasteiger partial charge is 0.366 e. The van der Waals surface area contributed by atoms with E-state index in [4.69, 9.17) is 16.3 Å². The number of Topliss-reactive ketones (excluding diaryl/α,β-unsaturated/α-hetero) is 1. The molecule has 0 heterocycles. The Morgan fingerprint density at radius 2 is 2.13 bits per heavy atom. The number of carbonyl (C=O) groups is 1. The fraction of sp³-hybridized carbons (Fsp3) is 0.417. The van der Waals surface area contributed by atoms with Crippen LogP contribution in [0.5, 0.6) is 0 Å². The highest BCUT2D eigenvalue weighted by Gasteiger charge is 2.19. The number of hydrogen-bond donors (Lipinski definition) is 0. The van der Waals surface area contributed by atoms with Crippen LogP contribution in [0.2, 0.25) is 5.02 Å². The van der Waals surface area contributed by atoms with E-state index in [2.05, 4.69) is 0 Å². The Labute approximate surface area is 95.2 Å². The van der Waals surface area contributed by atoms with Crippen molar-refractivity contribution in [3.63, 3.8) is 0 Å². The molecule has 82 valence electrons. The van der Waals surface area contributed by atoms with Crippen LogP contribution in [0.4, 0.5) is 0 Å². The molecule has 0 radical (unpaired) electrons. The summed E-state index contributed by atoms with van der Waals surface area (Å²) < 4.78 is 5.49. The normalized spacial score (nSPS) is 12.5. The number of rotatable bonds is 5. The van der Waals surface area contributed by atoms with Gasteiger partial charge in [0.25, 0.3) is 0 Å². The molecule has 0 saturated heterocycles. The molecule has 1 aromatic carbocycles. The van der Waals surface area contributed by atoms with Gasteiger partial charge in [0.15, 0.2) is 5.78 Å². The third kappa shape index (κ3) is 3.33. The van der Waals surface area contributed by atoms with Crippen molar-refractivity contribution in [1.82, 2.24) is 0 Å². The molecule has 0 N–H and O–H groups in total. The van der Waals surface area contributed by atoms with Gasteiger partial charge in [0.2, 0.25) is 0 Å². The molecule has 0 aromatic heterocycles. The van der Waals surface area contributed by atoms with Gasteiger partial charge >= 0.3 is 0 Å². The number of hydrogen-bond acceptors (Lipinski definition) is 2. The zero-order valence-electron chi connectivity index (χ0n) is 9.00. The summed E-state index contributed by atoms with van der Waals surface area (Å²) in [5, 5.41) is 0.578. The second kappa shape index (κ2) is 5.89. The minimum Gasteiger partial charge on any atom is -0.366 e. The van der Waals surface area contributed by atoms with Gasteiger partial charge < -0.3 is 4.74 Å². The molecular formula is C12H15ClO2. The highest BCUT2D eigenvalue weighted by molar-refractivity contribution is 6.31. The summed E-state index contributed by atoms with van der Waals surface area (Å²) in [4.78, 5) is 11.4. The number of carbonyl (C=O) groups excluding carboxylic acids is 1. The highest BCUT2D eigenvalue weighted by atomic mass is 35.5. The first-order chi connectivity index (χ1) is 7.16. The van der Waals surface area contributed by atoms with Gasteiger partial charge in [0, 0.05) is 17.2 Å². The maximum atomic E-state index is 11.4. The standard InChI is InChI=1S/C12H15ClO2/c1-3-8-15-12(9(2)14)10-6-4-5-7-11(10)13/h4-7,12H,3,8H2,1-2H3. The minimum atomic E-state index is -0.529. The zero-order valence-corrected chi connectivity index (χ0v) is 9.75. The van der Waals surface area contributed by atoms with Crippen LogP contribution >= 0.6 is 11.6 Å². The molecular weight excluding hydrogens is 212 g/mol. The number of halogens is 1. The van der Waals surface area contributed by atoms with Crippen molar-refractivity contribution in [2.75, 3.05) is 6.61 Å². The monoisotopic (exact) mass is 226 g/mol. The molecule has 0 saturated carbocycles. The summed E-state index contributed by atoms with van der Waals surface area (Å²) in [6, 6.07) is 7.28. The maximum Gasteiger partial charge on any atom is 0.163 e. The Morgan fingerprint density at radius 1 is 1.47 bits per heavy atom. The number of ketones is 1. The Bertz CT molecular complexity index is 336. The molecule has 0 fully saturated rings. The van der Waals surface area contributed by atoms with E-state index >= 15 is 0 Å². The van der Waals surface area contributed by atoms with Crippen LogP contribution in [0.25, 0.3) is 0 Å². The third-order valence-corrected chi connectivity index (χ3v) is 2.39. The van der Waals surface area contributed by atoms with Crippen molar-refractivity contribution in [1.29, 1.82) is 0 Å². The van der Waals surface area contributed by atoms with E-state index in [0.717, 1.165) is 12.0 Å². The fourth-order valence-corrected chi connectivity index (χ4v) is 1.58. The van der Waals surface area contributed by atoms with Gasteiger partial charge in [0.05, 0.1) is 0 Å². The second-order valence-electron chi connectivity index (χ2n) is 3.38. The first-order valence-corrected chi connectivity index (χ1v) is 5.41. The van der Waals surface area contributed by atoms with Gasteiger partial charge in [0.1, 0.15) is 6.10 Å². The van der Waals surface area contributed by atoms with Crippen molar-refractivity contribution < 1.29 is 9.53 Å². The summed E-state index contributed by atoms with van der Waals surface area (Å²) in [6.45, 7) is 4.09. The lowest BCUT2D eigenvalue weighted by Gasteiger charge is -2.16. The molecule has 1 atom stereocenters. The number of ether oxygens (including phenoxy) is 1. The molecule has 3 heteroatoms. The van der Waals surface area contributed by atoms with Crippen molar-refractivity contribution in [3.05, 3.63) is 34.9 Å². The lowest BCUT2D eigenvalue weighted by molar-refractivity contribution is -0.128. The average Bonchev–Trinajstić information content (AvgIpc) is 2.20. The average molecular weight is 227 g/mol. The summed E-state index contributed by atoms with van der Waals surface area (Å²) in [7, 11) is 0. The molecule has 0 aliphatic rings. The van der Waals surface area contributed by atoms with Crippen molar-refractivity contribution in [2.24, 2.45) is 0 Å². The molecule has 1 rings (SSSR count). The van der Waals surface area contributed by atoms with Crippen LogP contribution in [0.15, 0.2) is 24.3 Å². The van der Waals surface area contributed by atoms with Gasteiger partial charge in [-0.15, -0.1) is 0 Å². The SMILES string of the molecule is CCCOC(C(C)=O)c1ccccc1Cl. The Balaban J connectivity index is 2.89. The first kappa shape index (κ1) is 12.2. The predicted octanol–water partition coefficient (Wildman–Crippen LogP) is 3.40. The van der Waals surface area contributed by atoms with E-state index < -0.39 is 6.10 Å². The lowest BCUT2D eigenvalue weighted by atomic mass is 10.1. The van der Waals surface area contributed by atoms with E-state index in [0.29, 0.717) is 11.6 Å². The predicted molar refractivity (Wildman–Crippen MR) is 61.1 cm³/mol. The van der Waals surface area contributed by atoms with Crippen molar-refractivity contribution in [2.45, 2.75) is 26.4 Å². The Kier molecular flexibility index (Phi) is 4.79. The van der Waals surface area contributed by atoms with Gasteiger partial charge in [-0.05, 0) is 19.4 Å². The molecule has 0 amide bonds. The van der Waals surface area contributed by atoms with E-state index in [1.807, 2.05) is 25.1 Å². The summed E-state index contributed by atoms with van der Waals surface area (Å²) >= 11 is 6.01. The van der Waals surface area contributed by atoms with Gasteiger partial charge in [-0.3, -0.25) is 4.79 Å². The summed E-state index contributed by atoms with van der Waals surface area (Å²) in [5.41, 5.74) is 0.750. The minimum absolute atomic E-state index is 0.0171. The van der Waals surface area contributed by atoms with Crippen LogP contribution in [-0.4, -0.2) is 12.4 Å². The quantitative estimate of drug-likeness (QED) is 0.769. The van der Waals surface area contributed by atoms with Gasteiger partial charge in [-0.1, -0.05) is 36.7 Å². The Morgan fingerprint density at radius 3 is 2.67 bits per heavy atom.